The van der Waals surface area contributed by atoms with Crippen LogP contribution in [0, 0.1) is 5.41 Å². The largest absolute Gasteiger partial charge is 0.480 e. The van der Waals surface area contributed by atoms with Crippen LogP contribution in [-0.4, -0.2) is 83.6 Å². The van der Waals surface area contributed by atoms with Crippen molar-refractivity contribution in [3.05, 3.63) is 23.9 Å². The van der Waals surface area contributed by atoms with Crippen LogP contribution in [-0.2, 0) is 4.79 Å². The van der Waals surface area contributed by atoms with Crippen molar-refractivity contribution >= 4 is 17.6 Å². The van der Waals surface area contributed by atoms with E-state index < -0.39 is 5.97 Å². The molecule has 0 aromatic carbocycles. The Labute approximate surface area is 147 Å². The first-order chi connectivity index (χ1) is 12.0. The van der Waals surface area contributed by atoms with E-state index in [-0.39, 0.29) is 12.4 Å². The fourth-order valence-electron chi connectivity index (χ4n) is 3.68. The van der Waals surface area contributed by atoms with E-state index in [2.05, 4.69) is 14.8 Å². The number of nitrogens with two attached hydrogens (primary N) is 1. The van der Waals surface area contributed by atoms with E-state index in [1.54, 1.807) is 6.20 Å². The highest BCUT2D eigenvalue weighted by molar-refractivity contribution is 5.94. The van der Waals surface area contributed by atoms with E-state index in [0.717, 1.165) is 57.9 Å². The maximum Gasteiger partial charge on any atom is 0.317 e. The molecule has 0 bridgehead atoms. The molecule has 2 saturated heterocycles. The molecule has 0 saturated carbocycles. The zero-order valence-corrected chi connectivity index (χ0v) is 14.4. The summed E-state index contributed by atoms with van der Waals surface area (Å²) in [4.78, 5) is 22.0. The predicted molar refractivity (Wildman–Crippen MR) is 96.1 cm³/mol. The number of amidine groups is 1. The second kappa shape index (κ2) is 7.79. The number of anilines is 1. The Bertz CT molecular complexity index is 604. The third kappa shape index (κ3) is 4.46. The van der Waals surface area contributed by atoms with E-state index in [4.69, 9.17) is 16.2 Å². The molecule has 3 rings (SSSR count). The van der Waals surface area contributed by atoms with Crippen LogP contribution < -0.4 is 10.6 Å². The third-order valence-electron chi connectivity index (χ3n) is 5.13. The van der Waals surface area contributed by atoms with Gasteiger partial charge in [-0.25, -0.2) is 4.98 Å². The van der Waals surface area contributed by atoms with Crippen molar-refractivity contribution in [3.63, 3.8) is 0 Å². The monoisotopic (exact) mass is 346 g/mol. The summed E-state index contributed by atoms with van der Waals surface area (Å²) >= 11 is 0. The molecular weight excluding hydrogens is 320 g/mol. The van der Waals surface area contributed by atoms with Crippen molar-refractivity contribution in [2.45, 2.75) is 18.9 Å². The molecule has 1 aromatic rings. The van der Waals surface area contributed by atoms with Crippen molar-refractivity contribution in [3.8, 4) is 0 Å². The normalized spacial score (nSPS) is 20.6. The Kier molecular flexibility index (Phi) is 5.50. The number of nitrogens with zero attached hydrogens (tertiary/aromatic N) is 4. The molecule has 8 heteroatoms. The van der Waals surface area contributed by atoms with Gasteiger partial charge in [-0.3, -0.25) is 20.0 Å². The van der Waals surface area contributed by atoms with Gasteiger partial charge in [-0.15, -0.1) is 0 Å². The molecule has 2 fully saturated rings. The minimum Gasteiger partial charge on any atom is -0.480 e. The van der Waals surface area contributed by atoms with Crippen LogP contribution in [0.3, 0.4) is 0 Å². The van der Waals surface area contributed by atoms with Crippen molar-refractivity contribution in [2.75, 3.05) is 50.7 Å². The number of likely N-dealkylation sites (tertiary alicyclic amines) is 1. The molecule has 1 aromatic heterocycles. The number of carboxylic acid groups (broad SMARTS) is 1. The van der Waals surface area contributed by atoms with E-state index in [9.17, 15) is 4.79 Å². The Morgan fingerprint density at radius 2 is 1.88 bits per heavy atom. The van der Waals surface area contributed by atoms with Gasteiger partial charge in [0.15, 0.2) is 0 Å². The lowest BCUT2D eigenvalue weighted by atomic mass is 10.0. The average molecular weight is 346 g/mol. The fourth-order valence-corrected chi connectivity index (χ4v) is 3.68. The summed E-state index contributed by atoms with van der Waals surface area (Å²) in [6.07, 6.45) is 3.74. The number of hydrogen-bond acceptors (Lipinski definition) is 6. The molecule has 25 heavy (non-hydrogen) atoms. The number of rotatable bonds is 5. The SMILES string of the molecule is N=C(N)c1ccc(N2CCN(C3CCN(CC(=O)O)CC3)CC2)nc1. The molecule has 136 valence electrons. The highest BCUT2D eigenvalue weighted by atomic mass is 16.4. The number of aliphatic carboxylic acids is 1. The lowest BCUT2D eigenvalue weighted by Crippen LogP contribution is -2.53. The van der Waals surface area contributed by atoms with E-state index >= 15 is 0 Å². The molecular formula is C17H26N6O2. The van der Waals surface area contributed by atoms with Gasteiger partial charge in [0, 0.05) is 57.1 Å². The average Bonchev–Trinajstić information content (AvgIpc) is 2.62. The van der Waals surface area contributed by atoms with Crippen LogP contribution in [0.4, 0.5) is 5.82 Å². The maximum atomic E-state index is 10.8. The van der Waals surface area contributed by atoms with E-state index in [1.165, 1.54) is 0 Å². The Morgan fingerprint density at radius 3 is 2.40 bits per heavy atom. The van der Waals surface area contributed by atoms with Gasteiger partial charge in [-0.05, 0) is 25.0 Å². The molecule has 2 aliphatic heterocycles. The third-order valence-corrected chi connectivity index (χ3v) is 5.13. The number of carbonyl (C=O) groups is 1. The second-order valence-electron chi connectivity index (χ2n) is 6.74. The number of nitrogen functional groups attached to an aromatic ring is 1. The molecule has 0 unspecified atom stereocenters. The molecule has 3 heterocycles. The Hall–Kier alpha value is -2.19. The number of aromatic nitrogens is 1. The van der Waals surface area contributed by atoms with Gasteiger partial charge < -0.3 is 15.7 Å². The van der Waals surface area contributed by atoms with Gasteiger partial charge in [0.2, 0.25) is 0 Å². The summed E-state index contributed by atoms with van der Waals surface area (Å²) in [5.41, 5.74) is 6.12. The highest BCUT2D eigenvalue weighted by Crippen LogP contribution is 2.20. The lowest BCUT2D eigenvalue weighted by Gasteiger charge is -2.42. The molecule has 0 atom stereocenters. The number of piperidine rings is 1. The fraction of sp³-hybridized carbons (Fsp3) is 0.588. The first-order valence-electron chi connectivity index (χ1n) is 8.76. The predicted octanol–water partition coefficient (Wildman–Crippen LogP) is 0.0367. The smallest absolute Gasteiger partial charge is 0.317 e. The zero-order chi connectivity index (χ0) is 17.8. The maximum absolute atomic E-state index is 10.8. The van der Waals surface area contributed by atoms with Crippen LogP contribution in [0.1, 0.15) is 18.4 Å². The number of nitrogens with one attached hydrogen (secondary N) is 1. The lowest BCUT2D eigenvalue weighted by molar-refractivity contribution is -0.138. The molecule has 4 N–H and O–H groups in total. The first kappa shape index (κ1) is 17.6. The molecule has 0 aliphatic carbocycles. The van der Waals surface area contributed by atoms with Crippen molar-refractivity contribution in [1.29, 1.82) is 5.41 Å². The van der Waals surface area contributed by atoms with Crippen LogP contribution >= 0.6 is 0 Å². The van der Waals surface area contributed by atoms with Crippen LogP contribution in [0.25, 0.3) is 0 Å². The van der Waals surface area contributed by atoms with E-state index in [0.29, 0.717) is 11.6 Å². The summed E-state index contributed by atoms with van der Waals surface area (Å²) in [6.45, 7) is 5.75. The molecule has 2 aliphatic rings. The minimum atomic E-state index is -0.740. The van der Waals surface area contributed by atoms with Gasteiger partial charge in [0.1, 0.15) is 11.7 Å². The van der Waals surface area contributed by atoms with Crippen molar-refractivity contribution in [2.24, 2.45) is 5.73 Å². The number of pyridine rings is 1. The van der Waals surface area contributed by atoms with Gasteiger partial charge in [0.05, 0.1) is 6.54 Å². The number of piperazine rings is 1. The Balaban J connectivity index is 1.47. The van der Waals surface area contributed by atoms with Gasteiger partial charge in [-0.1, -0.05) is 0 Å². The Morgan fingerprint density at radius 1 is 1.20 bits per heavy atom. The minimum absolute atomic E-state index is 0.0399. The molecule has 0 radical (unpaired) electrons. The first-order valence-corrected chi connectivity index (χ1v) is 8.76. The van der Waals surface area contributed by atoms with Gasteiger partial charge in [0.25, 0.3) is 0 Å². The van der Waals surface area contributed by atoms with Gasteiger partial charge >= 0.3 is 5.97 Å². The second-order valence-corrected chi connectivity index (χ2v) is 6.74. The quantitative estimate of drug-likeness (QED) is 0.510. The zero-order valence-electron chi connectivity index (χ0n) is 14.4. The summed E-state index contributed by atoms with van der Waals surface area (Å²) in [5, 5.41) is 16.3. The number of carboxylic acids is 1. The summed E-state index contributed by atoms with van der Waals surface area (Å²) in [7, 11) is 0. The van der Waals surface area contributed by atoms with Crippen molar-refractivity contribution < 1.29 is 9.90 Å². The summed E-state index contributed by atoms with van der Waals surface area (Å²) < 4.78 is 0. The van der Waals surface area contributed by atoms with Gasteiger partial charge in [-0.2, -0.15) is 0 Å². The summed E-state index contributed by atoms with van der Waals surface area (Å²) in [6, 6.07) is 4.33. The van der Waals surface area contributed by atoms with E-state index in [1.807, 2.05) is 17.0 Å². The van der Waals surface area contributed by atoms with Crippen LogP contribution in [0.5, 0.6) is 0 Å². The molecule has 8 nitrogen and oxygen atoms in total. The topological polar surface area (TPSA) is 110 Å². The molecule has 0 spiro atoms. The summed E-state index contributed by atoms with van der Waals surface area (Å²) in [5.74, 6) is 0.231. The van der Waals surface area contributed by atoms with Crippen LogP contribution in [0.2, 0.25) is 0 Å². The highest BCUT2D eigenvalue weighted by Gasteiger charge is 2.28. The van der Waals surface area contributed by atoms with Crippen LogP contribution in [0.15, 0.2) is 18.3 Å². The molecule has 0 amide bonds. The standard InChI is InChI=1S/C17H26N6O2/c18-17(19)13-1-2-15(20-11-13)23-9-7-22(8-10-23)14-3-5-21(6-4-14)12-16(24)25/h1-2,11,14H,3-10,12H2,(H3,18,19)(H,24,25). The number of hydrogen-bond donors (Lipinski definition) is 3. The van der Waals surface area contributed by atoms with Crippen molar-refractivity contribution in [1.82, 2.24) is 14.8 Å².